The number of fused-ring (bicyclic) bond motifs is 1. The number of nitrogen functional groups attached to an aromatic ring is 1. The molecule has 0 amide bonds. The fourth-order valence-corrected chi connectivity index (χ4v) is 4.36. The minimum atomic E-state index is 0.424. The molecule has 2 N–H and O–H groups in total. The van der Waals surface area contributed by atoms with E-state index in [1.807, 2.05) is 60.0 Å². The number of anilines is 1. The molecule has 0 aliphatic rings. The summed E-state index contributed by atoms with van der Waals surface area (Å²) in [7, 11) is 1.65. The van der Waals surface area contributed by atoms with Gasteiger partial charge >= 0.3 is 0 Å². The third-order valence-corrected chi connectivity index (χ3v) is 5.99. The van der Waals surface area contributed by atoms with Crippen molar-refractivity contribution in [2.75, 3.05) is 12.8 Å². The van der Waals surface area contributed by atoms with Crippen LogP contribution in [0, 0.1) is 0 Å². The molecule has 0 spiro atoms. The molecule has 154 valence electrons. The maximum absolute atomic E-state index is 6.50. The van der Waals surface area contributed by atoms with Crippen LogP contribution >= 0.6 is 11.3 Å². The van der Waals surface area contributed by atoms with Crippen LogP contribution in [0.25, 0.3) is 38.7 Å². The van der Waals surface area contributed by atoms with Gasteiger partial charge in [0.15, 0.2) is 17.2 Å². The summed E-state index contributed by atoms with van der Waals surface area (Å²) in [6.45, 7) is 2.06. The number of aryl methyl sites for hydroxylation is 1. The van der Waals surface area contributed by atoms with Crippen LogP contribution in [0.3, 0.4) is 0 Å². The van der Waals surface area contributed by atoms with Crippen molar-refractivity contribution in [1.29, 1.82) is 0 Å². The molecule has 0 fully saturated rings. The Morgan fingerprint density at radius 1 is 1.00 bits per heavy atom. The number of hydrogen-bond acceptors (Lipinski definition) is 7. The average molecular weight is 429 g/mol. The van der Waals surface area contributed by atoms with Gasteiger partial charge in [0.1, 0.15) is 10.8 Å². The molecule has 8 heteroatoms. The first kappa shape index (κ1) is 19.2. The van der Waals surface area contributed by atoms with Crippen molar-refractivity contribution < 1.29 is 4.74 Å². The minimum absolute atomic E-state index is 0.424. The lowest BCUT2D eigenvalue weighted by Crippen LogP contribution is -2.05. The molecule has 0 bridgehead atoms. The van der Waals surface area contributed by atoms with Crippen LogP contribution in [0.4, 0.5) is 5.82 Å². The number of hydrogen-bond donors (Lipinski definition) is 1. The quantitative estimate of drug-likeness (QED) is 0.435. The fourth-order valence-electron chi connectivity index (χ4n) is 3.54. The summed E-state index contributed by atoms with van der Waals surface area (Å²) < 4.78 is 6.94. The van der Waals surface area contributed by atoms with Gasteiger partial charge in [-0.2, -0.15) is 9.61 Å². The molecule has 0 unspecified atom stereocenters. The lowest BCUT2D eigenvalue weighted by molar-refractivity contribution is 0.415. The third-order valence-electron chi connectivity index (χ3n) is 5.14. The second kappa shape index (κ2) is 7.81. The molecule has 2 aromatic carbocycles. The van der Waals surface area contributed by atoms with Crippen molar-refractivity contribution in [2.24, 2.45) is 0 Å². The summed E-state index contributed by atoms with van der Waals surface area (Å²) in [6, 6.07) is 17.8. The predicted octanol–water partition coefficient (Wildman–Crippen LogP) is 4.74. The molecular formula is C23H20N6OS. The molecular weight excluding hydrogens is 408 g/mol. The number of nitrogens with two attached hydrogens (primary N) is 1. The van der Waals surface area contributed by atoms with Crippen molar-refractivity contribution in [2.45, 2.75) is 13.3 Å². The number of methoxy groups -OCH3 is 1. The summed E-state index contributed by atoms with van der Waals surface area (Å²) in [5, 5.41) is 16.4. The molecule has 3 heterocycles. The summed E-state index contributed by atoms with van der Waals surface area (Å²) in [5.74, 6) is 1.22. The maximum Gasteiger partial charge on any atom is 0.187 e. The van der Waals surface area contributed by atoms with Gasteiger partial charge in [-0.05, 0) is 24.1 Å². The van der Waals surface area contributed by atoms with Gasteiger partial charge in [-0.3, -0.25) is 0 Å². The van der Waals surface area contributed by atoms with Crippen LogP contribution in [0.2, 0.25) is 0 Å². The zero-order valence-electron chi connectivity index (χ0n) is 17.1. The van der Waals surface area contributed by atoms with Gasteiger partial charge in [0.2, 0.25) is 0 Å². The molecule has 0 radical (unpaired) electrons. The third kappa shape index (κ3) is 3.30. The maximum atomic E-state index is 6.50. The Bertz CT molecular complexity index is 1360. The van der Waals surface area contributed by atoms with Crippen molar-refractivity contribution in [3.63, 3.8) is 0 Å². The van der Waals surface area contributed by atoms with Gasteiger partial charge in [0.05, 0.1) is 24.1 Å². The van der Waals surface area contributed by atoms with Crippen molar-refractivity contribution >= 4 is 22.8 Å². The number of ether oxygens (including phenoxy) is 1. The smallest absolute Gasteiger partial charge is 0.187 e. The number of thiazole rings is 1. The van der Waals surface area contributed by atoms with Gasteiger partial charge < -0.3 is 10.5 Å². The first-order chi connectivity index (χ1) is 15.2. The van der Waals surface area contributed by atoms with E-state index in [0.717, 1.165) is 40.2 Å². The minimum Gasteiger partial charge on any atom is -0.497 e. The Kier molecular flexibility index (Phi) is 4.83. The largest absolute Gasteiger partial charge is 0.497 e. The van der Waals surface area contributed by atoms with Crippen LogP contribution in [0.15, 0.2) is 60.0 Å². The van der Waals surface area contributed by atoms with E-state index in [9.17, 15) is 0 Å². The Hall–Kier alpha value is -3.78. The SMILES string of the molecule is CCc1nn2c(N)c(-c3nc(-c4ccccc4)cs3)nnc2c1-c1ccc(OC)cc1. The molecule has 7 nitrogen and oxygen atoms in total. The van der Waals surface area contributed by atoms with Gasteiger partial charge in [0, 0.05) is 10.9 Å². The molecule has 0 saturated heterocycles. The second-order valence-corrected chi connectivity index (χ2v) is 7.84. The summed E-state index contributed by atoms with van der Waals surface area (Å²) in [5.41, 5.74) is 12.4. The van der Waals surface area contributed by atoms with E-state index in [2.05, 4.69) is 17.1 Å². The second-order valence-electron chi connectivity index (χ2n) is 6.98. The molecule has 5 aromatic rings. The predicted molar refractivity (Wildman–Crippen MR) is 123 cm³/mol. The van der Waals surface area contributed by atoms with Crippen LogP contribution in [0.5, 0.6) is 5.75 Å². The summed E-state index contributed by atoms with van der Waals surface area (Å²) >= 11 is 1.49. The lowest BCUT2D eigenvalue weighted by Gasteiger charge is -2.05. The Morgan fingerprint density at radius 2 is 1.77 bits per heavy atom. The molecule has 0 aliphatic heterocycles. The molecule has 3 aromatic heterocycles. The van der Waals surface area contributed by atoms with Crippen molar-refractivity contribution in [1.82, 2.24) is 24.8 Å². The molecule has 0 saturated carbocycles. The zero-order chi connectivity index (χ0) is 21.4. The number of rotatable bonds is 5. The normalized spacial score (nSPS) is 11.2. The highest BCUT2D eigenvalue weighted by molar-refractivity contribution is 7.13. The summed E-state index contributed by atoms with van der Waals surface area (Å²) in [4.78, 5) is 4.73. The Morgan fingerprint density at radius 3 is 2.48 bits per heavy atom. The number of aromatic nitrogens is 5. The van der Waals surface area contributed by atoms with E-state index in [-0.39, 0.29) is 0 Å². The Labute approximate surface area is 183 Å². The van der Waals surface area contributed by atoms with Gasteiger partial charge in [-0.15, -0.1) is 21.5 Å². The average Bonchev–Trinajstić information content (AvgIpc) is 3.45. The van der Waals surface area contributed by atoms with E-state index < -0.39 is 0 Å². The van der Waals surface area contributed by atoms with Crippen LogP contribution in [-0.4, -0.2) is 31.9 Å². The van der Waals surface area contributed by atoms with Crippen LogP contribution in [0.1, 0.15) is 12.6 Å². The summed E-state index contributed by atoms with van der Waals surface area (Å²) in [6.07, 6.45) is 0.745. The van der Waals surface area contributed by atoms with Crippen molar-refractivity contribution in [3.8, 4) is 38.8 Å². The first-order valence-electron chi connectivity index (χ1n) is 9.89. The van der Waals surface area contributed by atoms with E-state index in [1.165, 1.54) is 11.3 Å². The van der Waals surface area contributed by atoms with Gasteiger partial charge in [-0.1, -0.05) is 49.4 Å². The fraction of sp³-hybridized carbons (Fsp3) is 0.130. The highest BCUT2D eigenvalue weighted by Crippen LogP contribution is 2.34. The van der Waals surface area contributed by atoms with Gasteiger partial charge in [0.25, 0.3) is 0 Å². The van der Waals surface area contributed by atoms with Crippen LogP contribution in [-0.2, 0) is 6.42 Å². The topological polar surface area (TPSA) is 91.2 Å². The highest BCUT2D eigenvalue weighted by Gasteiger charge is 2.21. The standard InChI is InChI=1S/C23H20N6OS/c1-3-17-19(15-9-11-16(30-2)12-10-15)22-27-26-20(21(24)29(22)28-17)23-25-18(13-31-23)14-7-5-4-6-8-14/h4-13H,3,24H2,1-2H3. The molecule has 0 aliphatic carbocycles. The molecule has 5 rings (SSSR count). The molecule has 31 heavy (non-hydrogen) atoms. The highest BCUT2D eigenvalue weighted by atomic mass is 32.1. The van der Waals surface area contributed by atoms with E-state index in [1.54, 1.807) is 11.6 Å². The number of nitrogens with zero attached hydrogens (tertiary/aromatic N) is 5. The van der Waals surface area contributed by atoms with E-state index in [0.29, 0.717) is 22.2 Å². The molecule has 0 atom stereocenters. The van der Waals surface area contributed by atoms with Crippen LogP contribution < -0.4 is 10.5 Å². The number of benzene rings is 2. The first-order valence-corrected chi connectivity index (χ1v) is 10.8. The van der Waals surface area contributed by atoms with E-state index >= 15 is 0 Å². The zero-order valence-corrected chi connectivity index (χ0v) is 17.9. The van der Waals surface area contributed by atoms with Crippen molar-refractivity contribution in [3.05, 3.63) is 65.7 Å². The lowest BCUT2D eigenvalue weighted by atomic mass is 10.0. The Balaban J connectivity index is 1.61. The van der Waals surface area contributed by atoms with Gasteiger partial charge in [-0.25, -0.2) is 4.98 Å². The monoisotopic (exact) mass is 428 g/mol. The van der Waals surface area contributed by atoms with E-state index in [4.69, 9.17) is 20.6 Å².